The van der Waals surface area contributed by atoms with Gasteiger partial charge in [-0.05, 0) is 32.9 Å². The second-order valence-corrected chi connectivity index (χ2v) is 6.73. The van der Waals surface area contributed by atoms with Gasteiger partial charge in [-0.3, -0.25) is 0 Å². The molecule has 1 aliphatic heterocycles. The lowest BCUT2D eigenvalue weighted by Crippen LogP contribution is -2.40. The number of hydrogen-bond donors (Lipinski definition) is 2. The van der Waals surface area contributed by atoms with Gasteiger partial charge in [-0.15, -0.1) is 0 Å². The first-order chi connectivity index (χ1) is 9.56. The molecular weight excluding hydrogens is 278 g/mol. The molecule has 2 N–H and O–H groups in total. The maximum Gasteiger partial charge on any atom is 0.242 e. The maximum atomic E-state index is 12.4. The molecule has 0 amide bonds. The molecule has 1 atom stereocenters. The van der Waals surface area contributed by atoms with Gasteiger partial charge in [-0.1, -0.05) is 0 Å². The summed E-state index contributed by atoms with van der Waals surface area (Å²) in [6, 6.07) is 1.61. The molecular formula is C13H23N3O3S. The summed E-state index contributed by atoms with van der Waals surface area (Å²) in [5, 5.41) is 3.05. The summed E-state index contributed by atoms with van der Waals surface area (Å²) >= 11 is 0. The predicted molar refractivity (Wildman–Crippen MR) is 77.0 cm³/mol. The third kappa shape index (κ3) is 3.60. The molecule has 1 aromatic heterocycles. The van der Waals surface area contributed by atoms with Crippen LogP contribution in [0.5, 0.6) is 0 Å². The summed E-state index contributed by atoms with van der Waals surface area (Å²) in [5.41, 5.74) is 0.968. The van der Waals surface area contributed by atoms with E-state index in [0.29, 0.717) is 18.0 Å². The van der Waals surface area contributed by atoms with Crippen LogP contribution in [0, 0.1) is 0 Å². The lowest BCUT2D eigenvalue weighted by atomic mass is 10.1. The molecule has 0 radical (unpaired) electrons. The fourth-order valence-electron chi connectivity index (χ4n) is 2.42. The quantitative estimate of drug-likeness (QED) is 0.811. The van der Waals surface area contributed by atoms with E-state index >= 15 is 0 Å². The minimum Gasteiger partial charge on any atom is -0.380 e. The predicted octanol–water partition coefficient (Wildman–Crippen LogP) is 0.685. The zero-order valence-electron chi connectivity index (χ0n) is 12.1. The van der Waals surface area contributed by atoms with Gasteiger partial charge in [0.05, 0.1) is 11.5 Å². The Morgan fingerprint density at radius 1 is 1.50 bits per heavy atom. The molecule has 1 saturated heterocycles. The van der Waals surface area contributed by atoms with E-state index in [1.54, 1.807) is 12.3 Å². The minimum absolute atomic E-state index is 0.119. The number of nitrogens with zero attached hydrogens (tertiary/aromatic N) is 1. The maximum absolute atomic E-state index is 12.4. The van der Waals surface area contributed by atoms with Gasteiger partial charge < -0.3 is 14.6 Å². The molecule has 0 spiro atoms. The van der Waals surface area contributed by atoms with Gasteiger partial charge in [0.25, 0.3) is 0 Å². The van der Waals surface area contributed by atoms with Crippen molar-refractivity contribution in [2.75, 3.05) is 20.3 Å². The number of aromatic nitrogens is 1. The van der Waals surface area contributed by atoms with Crippen molar-refractivity contribution in [3.8, 4) is 0 Å². The summed E-state index contributed by atoms with van der Waals surface area (Å²) in [6.45, 7) is 4.57. The fraction of sp³-hybridized carbons (Fsp3) is 0.692. The van der Waals surface area contributed by atoms with Gasteiger partial charge in [-0.25, -0.2) is 13.1 Å². The normalized spacial score (nSPS) is 20.2. The van der Waals surface area contributed by atoms with Gasteiger partial charge in [0.15, 0.2) is 0 Å². The molecule has 6 nitrogen and oxygen atoms in total. The summed E-state index contributed by atoms with van der Waals surface area (Å²) in [5.74, 6) is 0. The summed E-state index contributed by atoms with van der Waals surface area (Å²) < 4.78 is 34.8. The van der Waals surface area contributed by atoms with Crippen LogP contribution in [0.4, 0.5) is 0 Å². The number of aryl methyl sites for hydroxylation is 1. The zero-order chi connectivity index (χ0) is 14.6. The van der Waals surface area contributed by atoms with E-state index in [9.17, 15) is 8.42 Å². The van der Waals surface area contributed by atoms with Crippen LogP contribution in [-0.2, 0) is 27.8 Å². The molecule has 0 saturated carbocycles. The Labute approximate surface area is 120 Å². The first-order valence-electron chi connectivity index (χ1n) is 7.00. The number of nitrogens with one attached hydrogen (secondary N) is 2. The van der Waals surface area contributed by atoms with Crippen LogP contribution in [-0.4, -0.2) is 39.3 Å². The molecule has 1 fully saturated rings. The molecule has 0 aliphatic carbocycles. The van der Waals surface area contributed by atoms with Crippen molar-refractivity contribution < 1.29 is 13.2 Å². The van der Waals surface area contributed by atoms with E-state index in [2.05, 4.69) is 10.0 Å². The molecule has 2 rings (SSSR count). The van der Waals surface area contributed by atoms with Crippen LogP contribution in [0.1, 0.15) is 25.5 Å². The summed E-state index contributed by atoms with van der Waals surface area (Å²) in [4.78, 5) is 0.329. The van der Waals surface area contributed by atoms with Gasteiger partial charge in [0.1, 0.15) is 0 Å². The van der Waals surface area contributed by atoms with Gasteiger partial charge in [-0.2, -0.15) is 0 Å². The van der Waals surface area contributed by atoms with Gasteiger partial charge in [0, 0.05) is 37.6 Å². The SMILES string of the molecule is CCn1cc(S(=O)(=O)NC2CCCOC2)cc1CNC. The number of ether oxygens (including phenoxy) is 1. The van der Waals surface area contributed by atoms with Crippen molar-refractivity contribution in [1.29, 1.82) is 0 Å². The fourth-order valence-corrected chi connectivity index (χ4v) is 3.74. The lowest BCUT2D eigenvalue weighted by molar-refractivity contribution is 0.0774. The Kier molecular flexibility index (Phi) is 5.20. The van der Waals surface area contributed by atoms with E-state index in [1.807, 2.05) is 18.5 Å². The van der Waals surface area contributed by atoms with Crippen LogP contribution >= 0.6 is 0 Å². The highest BCUT2D eigenvalue weighted by Crippen LogP contribution is 2.16. The number of hydrogen-bond acceptors (Lipinski definition) is 4. The number of sulfonamides is 1. The Balaban J connectivity index is 2.15. The molecule has 114 valence electrons. The molecule has 1 unspecified atom stereocenters. The van der Waals surface area contributed by atoms with Crippen molar-refractivity contribution in [2.45, 2.75) is 43.8 Å². The standard InChI is InChI=1S/C13H23N3O3S/c1-3-16-9-13(7-12(16)8-14-2)20(17,18)15-11-5-4-6-19-10-11/h7,9,11,14-15H,3-6,8,10H2,1-2H3. The van der Waals surface area contributed by atoms with Crippen molar-refractivity contribution in [1.82, 2.24) is 14.6 Å². The summed E-state index contributed by atoms with van der Waals surface area (Å²) in [6.07, 6.45) is 3.42. The number of rotatable bonds is 6. The minimum atomic E-state index is -3.47. The first kappa shape index (κ1) is 15.5. The highest BCUT2D eigenvalue weighted by Gasteiger charge is 2.23. The summed E-state index contributed by atoms with van der Waals surface area (Å²) in [7, 11) is -1.62. The third-order valence-electron chi connectivity index (χ3n) is 3.45. The van der Waals surface area contributed by atoms with Gasteiger partial charge >= 0.3 is 0 Å². The van der Waals surface area contributed by atoms with Crippen molar-refractivity contribution in [3.63, 3.8) is 0 Å². The second kappa shape index (κ2) is 6.71. The topological polar surface area (TPSA) is 72.4 Å². The molecule has 0 aromatic carbocycles. The highest BCUT2D eigenvalue weighted by molar-refractivity contribution is 7.89. The van der Waals surface area contributed by atoms with E-state index in [-0.39, 0.29) is 6.04 Å². The van der Waals surface area contributed by atoms with Crippen LogP contribution < -0.4 is 10.0 Å². The molecule has 2 heterocycles. The zero-order valence-corrected chi connectivity index (χ0v) is 12.9. The van der Waals surface area contributed by atoms with Gasteiger partial charge in [0.2, 0.25) is 10.0 Å². The monoisotopic (exact) mass is 301 g/mol. The van der Waals surface area contributed by atoms with E-state index in [0.717, 1.165) is 31.7 Å². The largest absolute Gasteiger partial charge is 0.380 e. The first-order valence-corrected chi connectivity index (χ1v) is 8.49. The van der Waals surface area contributed by atoms with Crippen LogP contribution in [0.15, 0.2) is 17.2 Å². The highest BCUT2D eigenvalue weighted by atomic mass is 32.2. The van der Waals surface area contributed by atoms with Crippen molar-refractivity contribution in [2.24, 2.45) is 0 Å². The van der Waals surface area contributed by atoms with E-state index in [1.165, 1.54) is 0 Å². The average Bonchev–Trinajstić information content (AvgIpc) is 2.84. The molecule has 1 aromatic rings. The molecule has 1 aliphatic rings. The van der Waals surface area contributed by atoms with Crippen molar-refractivity contribution >= 4 is 10.0 Å². The molecule has 20 heavy (non-hydrogen) atoms. The van der Waals surface area contributed by atoms with E-state index < -0.39 is 10.0 Å². The Hall–Kier alpha value is -0.890. The van der Waals surface area contributed by atoms with Crippen LogP contribution in [0.3, 0.4) is 0 Å². The van der Waals surface area contributed by atoms with Crippen LogP contribution in [0.25, 0.3) is 0 Å². The molecule has 0 bridgehead atoms. The Morgan fingerprint density at radius 2 is 2.30 bits per heavy atom. The Bertz CT molecular complexity index is 533. The second-order valence-electron chi connectivity index (χ2n) is 5.02. The Morgan fingerprint density at radius 3 is 2.90 bits per heavy atom. The third-order valence-corrected chi connectivity index (χ3v) is 4.94. The van der Waals surface area contributed by atoms with Crippen LogP contribution in [0.2, 0.25) is 0 Å². The smallest absolute Gasteiger partial charge is 0.242 e. The molecule has 7 heteroatoms. The van der Waals surface area contributed by atoms with Crippen molar-refractivity contribution in [3.05, 3.63) is 18.0 Å². The average molecular weight is 301 g/mol. The lowest BCUT2D eigenvalue weighted by Gasteiger charge is -2.22. The van der Waals surface area contributed by atoms with E-state index in [4.69, 9.17) is 4.74 Å².